The van der Waals surface area contributed by atoms with Crippen LogP contribution in [0.4, 0.5) is 10.1 Å². The molecule has 0 aromatic heterocycles. The Morgan fingerprint density at radius 1 is 1.48 bits per heavy atom. The first-order valence-corrected chi connectivity index (χ1v) is 8.47. The minimum atomic E-state index is -3.89. The first kappa shape index (κ1) is 16.2. The lowest BCUT2D eigenvalue weighted by molar-refractivity contribution is 0.0264. The molecular formula is C14H21FN2O3S. The molecule has 7 heteroatoms. The Morgan fingerprint density at radius 2 is 2.19 bits per heavy atom. The van der Waals surface area contributed by atoms with Gasteiger partial charge in [0.15, 0.2) is 0 Å². The van der Waals surface area contributed by atoms with Crippen molar-refractivity contribution in [3.8, 4) is 0 Å². The largest absolute Gasteiger partial charge is 0.399 e. The van der Waals surface area contributed by atoms with Crippen LogP contribution in [0.5, 0.6) is 0 Å². The molecule has 2 N–H and O–H groups in total. The molecule has 1 fully saturated rings. The van der Waals surface area contributed by atoms with Gasteiger partial charge in [0.1, 0.15) is 10.7 Å². The van der Waals surface area contributed by atoms with Crippen LogP contribution in [0, 0.1) is 12.7 Å². The Kier molecular flexibility index (Phi) is 4.85. The van der Waals surface area contributed by atoms with Crippen molar-refractivity contribution in [2.24, 2.45) is 0 Å². The molecule has 21 heavy (non-hydrogen) atoms. The van der Waals surface area contributed by atoms with Gasteiger partial charge < -0.3 is 10.5 Å². The van der Waals surface area contributed by atoms with E-state index in [1.165, 1.54) is 23.4 Å². The number of halogens is 1. The monoisotopic (exact) mass is 316 g/mol. The summed E-state index contributed by atoms with van der Waals surface area (Å²) < 4.78 is 46.2. The SMILES string of the molecule is CCOC1CCCN(S(=O)(=O)c2cc(N)cc(C)c2F)C1. The van der Waals surface area contributed by atoms with Crippen LogP contribution in [-0.2, 0) is 14.8 Å². The Bertz CT molecular complexity index is 617. The van der Waals surface area contributed by atoms with Crippen molar-refractivity contribution >= 4 is 15.7 Å². The molecule has 2 rings (SSSR count). The number of sulfonamides is 1. The van der Waals surface area contributed by atoms with Gasteiger partial charge in [-0.3, -0.25) is 0 Å². The minimum Gasteiger partial charge on any atom is -0.399 e. The highest BCUT2D eigenvalue weighted by molar-refractivity contribution is 7.89. The van der Waals surface area contributed by atoms with E-state index in [9.17, 15) is 12.8 Å². The van der Waals surface area contributed by atoms with Gasteiger partial charge in [-0.1, -0.05) is 0 Å². The number of anilines is 1. The minimum absolute atomic E-state index is 0.135. The van der Waals surface area contributed by atoms with Gasteiger partial charge in [-0.15, -0.1) is 0 Å². The maximum atomic E-state index is 14.2. The fourth-order valence-electron chi connectivity index (χ4n) is 2.59. The van der Waals surface area contributed by atoms with Gasteiger partial charge in [0.2, 0.25) is 10.0 Å². The van der Waals surface area contributed by atoms with E-state index < -0.39 is 15.8 Å². The molecule has 1 heterocycles. The zero-order chi connectivity index (χ0) is 15.6. The number of nitrogens with zero attached hydrogens (tertiary/aromatic N) is 1. The van der Waals surface area contributed by atoms with E-state index in [-0.39, 0.29) is 28.8 Å². The molecule has 1 aromatic rings. The lowest BCUT2D eigenvalue weighted by atomic mass is 10.1. The molecule has 118 valence electrons. The molecule has 5 nitrogen and oxygen atoms in total. The summed E-state index contributed by atoms with van der Waals surface area (Å²) >= 11 is 0. The number of hydrogen-bond donors (Lipinski definition) is 1. The summed E-state index contributed by atoms with van der Waals surface area (Å²) in [7, 11) is -3.89. The number of nitrogen functional groups attached to an aromatic ring is 1. The van der Waals surface area contributed by atoms with Gasteiger partial charge in [-0.25, -0.2) is 12.8 Å². The third-order valence-corrected chi connectivity index (χ3v) is 5.47. The van der Waals surface area contributed by atoms with E-state index in [1.807, 2.05) is 6.92 Å². The molecule has 1 saturated heterocycles. The number of ether oxygens (including phenoxy) is 1. The quantitative estimate of drug-likeness (QED) is 0.861. The van der Waals surface area contributed by atoms with Crippen molar-refractivity contribution in [2.75, 3.05) is 25.4 Å². The van der Waals surface area contributed by atoms with Crippen molar-refractivity contribution in [3.63, 3.8) is 0 Å². The summed E-state index contributed by atoms with van der Waals surface area (Å²) in [6.07, 6.45) is 1.38. The van der Waals surface area contributed by atoms with Crippen molar-refractivity contribution in [2.45, 2.75) is 37.7 Å². The van der Waals surface area contributed by atoms with Gasteiger partial charge >= 0.3 is 0 Å². The Balaban J connectivity index is 2.34. The van der Waals surface area contributed by atoms with Gasteiger partial charge in [-0.2, -0.15) is 4.31 Å². The van der Waals surface area contributed by atoms with Crippen molar-refractivity contribution in [1.82, 2.24) is 4.31 Å². The number of rotatable bonds is 4. The summed E-state index contributed by atoms with van der Waals surface area (Å²) in [5, 5.41) is 0. The number of hydrogen-bond acceptors (Lipinski definition) is 4. The topological polar surface area (TPSA) is 72.6 Å². The van der Waals surface area contributed by atoms with Crippen molar-refractivity contribution in [3.05, 3.63) is 23.5 Å². The van der Waals surface area contributed by atoms with Crippen LogP contribution in [0.2, 0.25) is 0 Å². The molecular weight excluding hydrogens is 295 g/mol. The van der Waals surface area contributed by atoms with E-state index >= 15 is 0 Å². The highest BCUT2D eigenvalue weighted by Crippen LogP contribution is 2.27. The van der Waals surface area contributed by atoms with E-state index in [0.717, 1.165) is 6.42 Å². The highest BCUT2D eigenvalue weighted by Gasteiger charge is 2.33. The third-order valence-electron chi connectivity index (χ3n) is 3.60. The number of aryl methyl sites for hydroxylation is 1. The normalized spacial score (nSPS) is 20.6. The lowest BCUT2D eigenvalue weighted by Crippen LogP contribution is -2.43. The number of benzene rings is 1. The summed E-state index contributed by atoms with van der Waals surface area (Å²) in [6, 6.07) is 2.61. The Labute approximate surface area is 124 Å². The second-order valence-electron chi connectivity index (χ2n) is 5.23. The molecule has 0 aliphatic carbocycles. The molecule has 0 saturated carbocycles. The average molecular weight is 316 g/mol. The standard InChI is InChI=1S/C14H21FN2O3S/c1-3-20-12-5-4-6-17(9-12)21(18,19)13-8-11(16)7-10(2)14(13)15/h7-8,12H,3-6,9,16H2,1-2H3. The summed E-state index contributed by atoms with van der Waals surface area (Å²) in [5.41, 5.74) is 6.13. The molecule has 0 spiro atoms. The highest BCUT2D eigenvalue weighted by atomic mass is 32.2. The molecule has 0 radical (unpaired) electrons. The van der Waals surface area contributed by atoms with Gasteiger partial charge in [0, 0.05) is 25.4 Å². The smallest absolute Gasteiger partial charge is 0.246 e. The summed E-state index contributed by atoms with van der Waals surface area (Å²) in [5.74, 6) is -0.734. The summed E-state index contributed by atoms with van der Waals surface area (Å²) in [4.78, 5) is -0.350. The molecule has 1 aliphatic rings. The van der Waals surface area contributed by atoms with E-state index in [1.54, 1.807) is 0 Å². The van der Waals surface area contributed by atoms with E-state index in [0.29, 0.717) is 19.6 Å². The van der Waals surface area contributed by atoms with Crippen LogP contribution in [0.1, 0.15) is 25.3 Å². The first-order valence-electron chi connectivity index (χ1n) is 7.03. The Hall–Kier alpha value is -1.18. The zero-order valence-electron chi connectivity index (χ0n) is 12.3. The fraction of sp³-hybridized carbons (Fsp3) is 0.571. The van der Waals surface area contributed by atoms with E-state index in [2.05, 4.69) is 0 Å². The zero-order valence-corrected chi connectivity index (χ0v) is 13.1. The molecule has 1 aromatic carbocycles. The second kappa shape index (κ2) is 6.29. The Morgan fingerprint density at radius 3 is 2.86 bits per heavy atom. The van der Waals surface area contributed by atoms with Gasteiger partial charge in [0.25, 0.3) is 0 Å². The second-order valence-corrected chi connectivity index (χ2v) is 7.14. The predicted octanol–water partition coefficient (Wildman–Crippen LogP) is 1.91. The predicted molar refractivity (Wildman–Crippen MR) is 79.0 cm³/mol. The number of nitrogens with two attached hydrogens (primary N) is 1. The maximum absolute atomic E-state index is 14.2. The molecule has 0 amide bonds. The van der Waals surface area contributed by atoms with E-state index in [4.69, 9.17) is 10.5 Å². The maximum Gasteiger partial charge on any atom is 0.246 e. The molecule has 1 unspecified atom stereocenters. The van der Waals surface area contributed by atoms with Crippen LogP contribution >= 0.6 is 0 Å². The van der Waals surface area contributed by atoms with Crippen LogP contribution in [0.15, 0.2) is 17.0 Å². The van der Waals surface area contributed by atoms with Crippen molar-refractivity contribution in [1.29, 1.82) is 0 Å². The molecule has 1 atom stereocenters. The molecule has 1 aliphatic heterocycles. The average Bonchev–Trinajstić information content (AvgIpc) is 2.43. The third kappa shape index (κ3) is 3.36. The first-order chi connectivity index (χ1) is 9.86. The van der Waals surface area contributed by atoms with Crippen LogP contribution in [0.3, 0.4) is 0 Å². The summed E-state index contributed by atoms with van der Waals surface area (Å²) in [6.45, 7) is 4.53. The van der Waals surface area contributed by atoms with Crippen LogP contribution in [-0.4, -0.2) is 38.5 Å². The van der Waals surface area contributed by atoms with Gasteiger partial charge in [-0.05, 0) is 44.4 Å². The molecule has 0 bridgehead atoms. The fourth-order valence-corrected chi connectivity index (χ4v) is 4.27. The number of piperidine rings is 1. The van der Waals surface area contributed by atoms with Crippen molar-refractivity contribution < 1.29 is 17.5 Å². The van der Waals surface area contributed by atoms with Crippen LogP contribution < -0.4 is 5.73 Å². The van der Waals surface area contributed by atoms with Crippen LogP contribution in [0.25, 0.3) is 0 Å². The lowest BCUT2D eigenvalue weighted by Gasteiger charge is -2.31. The van der Waals surface area contributed by atoms with Gasteiger partial charge in [0.05, 0.1) is 6.10 Å².